The molecule has 0 bridgehead atoms. The fourth-order valence-electron chi connectivity index (χ4n) is 1.85. The first-order chi connectivity index (χ1) is 6.33. The fourth-order valence-corrected chi connectivity index (χ4v) is 2.40. The topological polar surface area (TPSA) is 29.3 Å². The molecular weight excluding hydrogens is 299 g/mol. The first-order valence-electron chi connectivity index (χ1n) is 4.55. The van der Waals surface area contributed by atoms with E-state index in [1.807, 2.05) is 0 Å². The van der Waals surface area contributed by atoms with E-state index in [1.165, 1.54) is 15.7 Å². The van der Waals surface area contributed by atoms with Gasteiger partial charge in [0.1, 0.15) is 0 Å². The SMILES string of the molecule is Cl.Cl.NCCN1CCc2c(Br)cccc21. The van der Waals surface area contributed by atoms with Gasteiger partial charge in [-0.1, -0.05) is 22.0 Å². The molecule has 1 heterocycles. The van der Waals surface area contributed by atoms with Crippen molar-refractivity contribution >= 4 is 46.4 Å². The molecule has 0 aromatic heterocycles. The number of nitrogens with two attached hydrogens (primary N) is 1. The van der Waals surface area contributed by atoms with Gasteiger partial charge < -0.3 is 10.6 Å². The van der Waals surface area contributed by atoms with E-state index >= 15 is 0 Å². The van der Waals surface area contributed by atoms with Crippen molar-refractivity contribution in [2.75, 3.05) is 24.5 Å². The molecule has 0 fully saturated rings. The number of benzene rings is 1. The summed E-state index contributed by atoms with van der Waals surface area (Å²) < 4.78 is 1.23. The molecule has 0 amide bonds. The second-order valence-electron chi connectivity index (χ2n) is 3.26. The first-order valence-corrected chi connectivity index (χ1v) is 5.34. The smallest absolute Gasteiger partial charge is 0.0411 e. The number of hydrogen-bond acceptors (Lipinski definition) is 2. The average molecular weight is 314 g/mol. The van der Waals surface area contributed by atoms with E-state index in [4.69, 9.17) is 5.73 Å². The van der Waals surface area contributed by atoms with Crippen LogP contribution in [0.1, 0.15) is 5.56 Å². The zero-order chi connectivity index (χ0) is 9.26. The third-order valence-electron chi connectivity index (χ3n) is 2.47. The summed E-state index contributed by atoms with van der Waals surface area (Å²) >= 11 is 3.57. The number of rotatable bonds is 2. The summed E-state index contributed by atoms with van der Waals surface area (Å²) in [5.74, 6) is 0. The summed E-state index contributed by atoms with van der Waals surface area (Å²) in [5.41, 5.74) is 8.32. The van der Waals surface area contributed by atoms with Crippen LogP contribution in [0.2, 0.25) is 0 Å². The van der Waals surface area contributed by atoms with Gasteiger partial charge in [-0.25, -0.2) is 0 Å². The Bertz CT molecular complexity index is 320. The zero-order valence-electron chi connectivity index (χ0n) is 8.28. The molecule has 0 saturated carbocycles. The monoisotopic (exact) mass is 312 g/mol. The Morgan fingerprint density at radius 3 is 2.73 bits per heavy atom. The van der Waals surface area contributed by atoms with Crippen molar-refractivity contribution < 1.29 is 0 Å². The van der Waals surface area contributed by atoms with E-state index in [0.717, 1.165) is 26.1 Å². The zero-order valence-corrected chi connectivity index (χ0v) is 11.5. The van der Waals surface area contributed by atoms with Crippen LogP contribution in [0, 0.1) is 0 Å². The van der Waals surface area contributed by atoms with Crippen molar-refractivity contribution in [1.82, 2.24) is 0 Å². The molecule has 15 heavy (non-hydrogen) atoms. The lowest BCUT2D eigenvalue weighted by Gasteiger charge is -2.17. The summed E-state index contributed by atoms with van der Waals surface area (Å²) in [5, 5.41) is 0. The Hall–Kier alpha value is 0.0400. The van der Waals surface area contributed by atoms with Crippen molar-refractivity contribution in [1.29, 1.82) is 0 Å². The van der Waals surface area contributed by atoms with Crippen molar-refractivity contribution in [3.05, 3.63) is 28.2 Å². The summed E-state index contributed by atoms with van der Waals surface area (Å²) in [6.45, 7) is 2.80. The Labute approximate surface area is 111 Å². The molecule has 0 radical (unpaired) electrons. The molecule has 1 aromatic carbocycles. The highest BCUT2D eigenvalue weighted by molar-refractivity contribution is 9.10. The Morgan fingerprint density at radius 1 is 1.33 bits per heavy atom. The van der Waals surface area contributed by atoms with Crippen molar-refractivity contribution in [2.45, 2.75) is 6.42 Å². The van der Waals surface area contributed by atoms with Crippen molar-refractivity contribution in [3.8, 4) is 0 Å². The van der Waals surface area contributed by atoms with Crippen LogP contribution in [-0.2, 0) is 6.42 Å². The lowest BCUT2D eigenvalue weighted by molar-refractivity contribution is 0.821. The maximum atomic E-state index is 5.55. The molecule has 0 spiro atoms. The van der Waals surface area contributed by atoms with Crippen LogP contribution in [0.25, 0.3) is 0 Å². The number of hydrogen-bond donors (Lipinski definition) is 1. The van der Waals surface area contributed by atoms with Crippen LogP contribution in [0.4, 0.5) is 5.69 Å². The molecule has 0 aliphatic carbocycles. The number of anilines is 1. The number of halogens is 3. The van der Waals surface area contributed by atoms with Crippen LogP contribution in [0.15, 0.2) is 22.7 Å². The summed E-state index contributed by atoms with van der Waals surface area (Å²) in [6, 6.07) is 6.35. The molecular formula is C10H15BrCl2N2. The first kappa shape index (κ1) is 15.0. The summed E-state index contributed by atoms with van der Waals surface area (Å²) in [6.07, 6.45) is 1.14. The quantitative estimate of drug-likeness (QED) is 0.909. The van der Waals surface area contributed by atoms with E-state index in [0.29, 0.717) is 0 Å². The number of nitrogens with zero attached hydrogens (tertiary/aromatic N) is 1. The van der Waals surface area contributed by atoms with Gasteiger partial charge in [0.15, 0.2) is 0 Å². The molecule has 1 aliphatic rings. The second-order valence-corrected chi connectivity index (χ2v) is 4.12. The van der Waals surface area contributed by atoms with Gasteiger partial charge in [-0.2, -0.15) is 0 Å². The van der Waals surface area contributed by atoms with E-state index in [9.17, 15) is 0 Å². The van der Waals surface area contributed by atoms with Crippen LogP contribution in [0.3, 0.4) is 0 Å². The summed E-state index contributed by atoms with van der Waals surface area (Å²) in [4.78, 5) is 2.35. The highest BCUT2D eigenvalue weighted by atomic mass is 79.9. The Balaban J connectivity index is 0.000000980. The lowest BCUT2D eigenvalue weighted by atomic mass is 10.2. The molecule has 86 valence electrons. The largest absolute Gasteiger partial charge is 0.370 e. The normalized spacial score (nSPS) is 12.8. The highest BCUT2D eigenvalue weighted by Gasteiger charge is 2.19. The number of fused-ring (bicyclic) bond motifs is 1. The van der Waals surface area contributed by atoms with E-state index in [2.05, 4.69) is 39.0 Å². The van der Waals surface area contributed by atoms with E-state index in [1.54, 1.807) is 0 Å². The minimum Gasteiger partial charge on any atom is -0.370 e. The van der Waals surface area contributed by atoms with Gasteiger partial charge in [0, 0.05) is 29.8 Å². The molecule has 1 aromatic rings. The molecule has 2 N–H and O–H groups in total. The molecule has 2 rings (SSSR count). The minimum atomic E-state index is 0. The lowest BCUT2D eigenvalue weighted by Crippen LogP contribution is -2.27. The molecule has 0 atom stereocenters. The van der Waals surface area contributed by atoms with Crippen molar-refractivity contribution in [3.63, 3.8) is 0 Å². The van der Waals surface area contributed by atoms with Gasteiger partial charge in [0.25, 0.3) is 0 Å². The van der Waals surface area contributed by atoms with E-state index in [-0.39, 0.29) is 24.8 Å². The van der Waals surface area contributed by atoms with Crippen LogP contribution >= 0.6 is 40.7 Å². The van der Waals surface area contributed by atoms with Crippen LogP contribution in [0.5, 0.6) is 0 Å². The van der Waals surface area contributed by atoms with Crippen molar-refractivity contribution in [2.24, 2.45) is 5.73 Å². The third kappa shape index (κ3) is 3.00. The maximum Gasteiger partial charge on any atom is 0.0411 e. The minimum absolute atomic E-state index is 0. The predicted octanol–water partition coefficient (Wildman–Crippen LogP) is 2.61. The molecule has 5 heteroatoms. The average Bonchev–Trinajstić information content (AvgIpc) is 2.51. The summed E-state index contributed by atoms with van der Waals surface area (Å²) in [7, 11) is 0. The fraction of sp³-hybridized carbons (Fsp3) is 0.400. The standard InChI is InChI=1S/C10H13BrN2.2ClH/c11-9-2-1-3-10-8(9)4-6-13(10)7-5-12;;/h1-3H,4-7,12H2;2*1H. The molecule has 0 unspecified atom stereocenters. The van der Waals surface area contributed by atoms with Crippen LogP contribution < -0.4 is 10.6 Å². The highest BCUT2D eigenvalue weighted by Crippen LogP contribution is 2.32. The van der Waals surface area contributed by atoms with Gasteiger partial charge in [-0.3, -0.25) is 0 Å². The van der Waals surface area contributed by atoms with Gasteiger partial charge in [0.2, 0.25) is 0 Å². The maximum absolute atomic E-state index is 5.55. The predicted molar refractivity (Wildman–Crippen MR) is 73.6 cm³/mol. The Morgan fingerprint density at radius 2 is 2.07 bits per heavy atom. The van der Waals surface area contributed by atoms with Gasteiger partial charge in [0.05, 0.1) is 0 Å². The van der Waals surface area contributed by atoms with E-state index < -0.39 is 0 Å². The second kappa shape index (κ2) is 6.59. The molecule has 1 aliphatic heterocycles. The Kier molecular flexibility index (Phi) is 6.60. The van der Waals surface area contributed by atoms with Gasteiger partial charge >= 0.3 is 0 Å². The van der Waals surface area contributed by atoms with Crippen LogP contribution in [-0.4, -0.2) is 19.6 Å². The van der Waals surface area contributed by atoms with Gasteiger partial charge in [-0.15, -0.1) is 24.8 Å². The molecule has 2 nitrogen and oxygen atoms in total. The molecule has 0 saturated heterocycles. The van der Waals surface area contributed by atoms with Gasteiger partial charge in [-0.05, 0) is 24.1 Å². The third-order valence-corrected chi connectivity index (χ3v) is 3.21.